The molecular formula is C18H24N4O4S. The fraction of sp³-hybridized carbons (Fsp3) is 0.611. The van der Waals surface area contributed by atoms with Gasteiger partial charge in [-0.2, -0.15) is 4.31 Å². The first-order chi connectivity index (χ1) is 12.8. The average Bonchev–Trinajstić information content (AvgIpc) is 3.24. The first kappa shape index (κ1) is 18.5. The fourth-order valence-corrected chi connectivity index (χ4v) is 6.23. The van der Waals surface area contributed by atoms with Crippen molar-refractivity contribution in [2.45, 2.75) is 61.0 Å². The minimum Gasteiger partial charge on any atom is -0.329 e. The molecule has 2 aliphatic heterocycles. The maximum Gasteiger partial charge on any atom is 0.245 e. The van der Waals surface area contributed by atoms with Crippen LogP contribution < -0.4 is 5.73 Å². The number of ketones is 1. The van der Waals surface area contributed by atoms with Gasteiger partial charge in [-0.05, 0) is 31.4 Å². The maximum atomic E-state index is 13.1. The van der Waals surface area contributed by atoms with E-state index in [4.69, 9.17) is 5.73 Å². The van der Waals surface area contributed by atoms with Crippen molar-refractivity contribution in [2.75, 3.05) is 13.1 Å². The van der Waals surface area contributed by atoms with Gasteiger partial charge in [-0.1, -0.05) is 19.3 Å². The number of rotatable bonds is 3. The molecule has 0 spiro atoms. The Balaban J connectivity index is 1.59. The van der Waals surface area contributed by atoms with Crippen molar-refractivity contribution in [3.05, 3.63) is 24.5 Å². The number of carbonyl (C=O) groups is 2. The monoisotopic (exact) mass is 392 g/mol. The molecule has 1 amide bonds. The molecule has 8 nitrogen and oxygen atoms in total. The number of hydrogen-bond acceptors (Lipinski definition) is 6. The number of amides is 1. The Morgan fingerprint density at radius 3 is 2.67 bits per heavy atom. The molecule has 1 aliphatic carbocycles. The van der Waals surface area contributed by atoms with Crippen molar-refractivity contribution in [1.29, 1.82) is 0 Å². The number of sulfonamides is 1. The van der Waals surface area contributed by atoms with Crippen LogP contribution in [0.5, 0.6) is 0 Å². The van der Waals surface area contributed by atoms with E-state index in [1.807, 2.05) is 0 Å². The summed E-state index contributed by atoms with van der Waals surface area (Å²) in [6.07, 6.45) is 7.32. The van der Waals surface area contributed by atoms with Gasteiger partial charge < -0.3 is 10.6 Å². The van der Waals surface area contributed by atoms with Gasteiger partial charge in [0.2, 0.25) is 15.9 Å². The summed E-state index contributed by atoms with van der Waals surface area (Å²) < 4.78 is 27.2. The van der Waals surface area contributed by atoms with Gasteiger partial charge in [-0.25, -0.2) is 8.42 Å². The largest absolute Gasteiger partial charge is 0.329 e. The van der Waals surface area contributed by atoms with Crippen molar-refractivity contribution in [2.24, 2.45) is 5.73 Å². The summed E-state index contributed by atoms with van der Waals surface area (Å²) in [5, 5.41) is 0. The summed E-state index contributed by atoms with van der Waals surface area (Å²) in [5.41, 5.74) is 5.45. The second kappa shape index (κ2) is 6.65. The van der Waals surface area contributed by atoms with Gasteiger partial charge in [0, 0.05) is 18.9 Å². The zero-order chi connectivity index (χ0) is 19.2. The molecule has 0 aromatic carbocycles. The third-order valence-electron chi connectivity index (χ3n) is 6.05. The Kier molecular flexibility index (Phi) is 4.56. The molecule has 4 rings (SSSR count). The van der Waals surface area contributed by atoms with Crippen LogP contribution in [0.15, 0.2) is 29.4 Å². The van der Waals surface area contributed by atoms with Crippen molar-refractivity contribution < 1.29 is 18.0 Å². The smallest absolute Gasteiger partial charge is 0.245 e. The maximum absolute atomic E-state index is 13.1. The van der Waals surface area contributed by atoms with E-state index in [9.17, 15) is 18.0 Å². The van der Waals surface area contributed by atoms with Gasteiger partial charge in [0.25, 0.3) is 0 Å². The Bertz CT molecular complexity index is 851. The van der Waals surface area contributed by atoms with Crippen LogP contribution >= 0.6 is 0 Å². The third-order valence-corrected chi connectivity index (χ3v) is 7.91. The fourth-order valence-electron chi connectivity index (χ4n) is 4.64. The summed E-state index contributed by atoms with van der Waals surface area (Å²) in [6, 6.07) is 1.76. The summed E-state index contributed by atoms with van der Waals surface area (Å²) in [4.78, 5) is 31.3. The van der Waals surface area contributed by atoms with E-state index >= 15 is 0 Å². The zero-order valence-corrected chi connectivity index (χ0v) is 15.9. The molecule has 3 fully saturated rings. The molecule has 3 heterocycles. The van der Waals surface area contributed by atoms with Crippen LogP contribution in [0.2, 0.25) is 0 Å². The van der Waals surface area contributed by atoms with Crippen LogP contribution in [0.4, 0.5) is 0 Å². The highest BCUT2D eigenvalue weighted by atomic mass is 32.2. The molecular weight excluding hydrogens is 368 g/mol. The van der Waals surface area contributed by atoms with E-state index < -0.39 is 27.6 Å². The summed E-state index contributed by atoms with van der Waals surface area (Å²) >= 11 is 0. The van der Waals surface area contributed by atoms with Gasteiger partial charge in [0.1, 0.15) is 10.9 Å². The highest BCUT2D eigenvalue weighted by Crippen LogP contribution is 2.36. The molecule has 1 saturated carbocycles. The molecule has 1 aromatic heterocycles. The molecule has 2 saturated heterocycles. The molecule has 3 aliphatic rings. The van der Waals surface area contributed by atoms with Crippen molar-refractivity contribution in [1.82, 2.24) is 14.2 Å². The lowest BCUT2D eigenvalue weighted by molar-refractivity contribution is -0.142. The van der Waals surface area contributed by atoms with Gasteiger partial charge in [0.15, 0.2) is 5.78 Å². The summed E-state index contributed by atoms with van der Waals surface area (Å²) in [7, 11) is -3.83. The Hall–Kier alpha value is -1.84. The lowest BCUT2D eigenvalue weighted by Gasteiger charge is -2.37. The van der Waals surface area contributed by atoms with Crippen LogP contribution in [0.25, 0.3) is 0 Å². The van der Waals surface area contributed by atoms with E-state index in [-0.39, 0.29) is 23.1 Å². The van der Waals surface area contributed by atoms with Crippen LogP contribution in [-0.4, -0.2) is 65.0 Å². The topological polar surface area (TPSA) is 114 Å². The van der Waals surface area contributed by atoms with Crippen molar-refractivity contribution in [3.8, 4) is 0 Å². The second-order valence-corrected chi connectivity index (χ2v) is 9.61. The zero-order valence-electron chi connectivity index (χ0n) is 15.1. The van der Waals surface area contributed by atoms with Gasteiger partial charge in [-0.3, -0.25) is 14.6 Å². The van der Waals surface area contributed by atoms with Crippen LogP contribution in [0, 0.1) is 0 Å². The molecule has 27 heavy (non-hydrogen) atoms. The minimum atomic E-state index is -3.83. The quantitative estimate of drug-likeness (QED) is 0.791. The number of Topliss-reactive ketones (excluding diaryl/α,β-unsaturated/α-hetero) is 1. The van der Waals surface area contributed by atoms with Gasteiger partial charge in [-0.15, -0.1) is 0 Å². The van der Waals surface area contributed by atoms with Crippen LogP contribution in [0.3, 0.4) is 0 Å². The normalized spacial score (nSPS) is 28.3. The molecule has 2 N–H and O–H groups in total. The van der Waals surface area contributed by atoms with E-state index in [2.05, 4.69) is 4.98 Å². The van der Waals surface area contributed by atoms with E-state index in [0.717, 1.165) is 19.3 Å². The van der Waals surface area contributed by atoms with Gasteiger partial charge in [0.05, 0.1) is 18.1 Å². The molecule has 2 unspecified atom stereocenters. The SMILES string of the molecule is NC1(C(=O)N2CCC3C2C(=O)CN3S(=O)(=O)c2cccnc2)CCCCC1. The number of carbonyl (C=O) groups excluding carboxylic acids is 2. The number of nitrogens with zero attached hydrogens (tertiary/aromatic N) is 3. The summed E-state index contributed by atoms with van der Waals surface area (Å²) in [5.74, 6) is -0.443. The predicted molar refractivity (Wildman–Crippen MR) is 97.0 cm³/mol. The van der Waals surface area contributed by atoms with E-state index in [0.29, 0.717) is 25.8 Å². The van der Waals surface area contributed by atoms with Crippen LogP contribution in [-0.2, 0) is 19.6 Å². The number of pyridine rings is 1. The molecule has 1 aromatic rings. The Morgan fingerprint density at radius 1 is 1.26 bits per heavy atom. The van der Waals surface area contributed by atoms with E-state index in [1.54, 1.807) is 6.07 Å². The first-order valence-corrected chi connectivity index (χ1v) is 10.8. The highest BCUT2D eigenvalue weighted by molar-refractivity contribution is 7.89. The second-order valence-electron chi connectivity index (χ2n) is 7.72. The molecule has 0 radical (unpaired) electrons. The Morgan fingerprint density at radius 2 is 2.00 bits per heavy atom. The van der Waals surface area contributed by atoms with E-state index in [1.165, 1.54) is 27.7 Å². The standard InChI is InChI=1S/C18H24N4O4S/c19-18(7-2-1-3-8-18)17(24)21-10-6-14-16(21)15(23)12-22(14)27(25,26)13-5-4-9-20-11-13/h4-5,9,11,14,16H,1-3,6-8,10,12,19H2. The predicted octanol–water partition coefficient (Wildman–Crippen LogP) is 0.286. The van der Waals surface area contributed by atoms with Gasteiger partial charge >= 0.3 is 0 Å². The number of likely N-dealkylation sites (tertiary alicyclic amines) is 1. The lowest BCUT2D eigenvalue weighted by Crippen LogP contribution is -2.58. The first-order valence-electron chi connectivity index (χ1n) is 9.39. The Labute approximate surface area is 158 Å². The van der Waals surface area contributed by atoms with Crippen molar-refractivity contribution in [3.63, 3.8) is 0 Å². The van der Waals surface area contributed by atoms with Crippen molar-refractivity contribution >= 4 is 21.7 Å². The number of fused-ring (bicyclic) bond motifs is 1. The molecule has 9 heteroatoms. The lowest BCUT2D eigenvalue weighted by atomic mass is 9.81. The third kappa shape index (κ3) is 2.97. The average molecular weight is 392 g/mol. The summed E-state index contributed by atoms with van der Waals surface area (Å²) in [6.45, 7) is 0.145. The number of hydrogen-bond donors (Lipinski definition) is 1. The molecule has 0 bridgehead atoms. The highest BCUT2D eigenvalue weighted by Gasteiger charge is 2.55. The number of nitrogens with two attached hydrogens (primary N) is 1. The molecule has 146 valence electrons. The molecule has 2 atom stereocenters. The minimum absolute atomic E-state index is 0.0609. The number of aromatic nitrogens is 1. The van der Waals surface area contributed by atoms with Crippen LogP contribution in [0.1, 0.15) is 38.5 Å².